The van der Waals surface area contributed by atoms with Crippen LogP contribution in [0.4, 0.5) is 5.82 Å². The quantitative estimate of drug-likeness (QED) is 0.443. The van der Waals surface area contributed by atoms with Gasteiger partial charge in [-0.05, 0) is 31.4 Å². The summed E-state index contributed by atoms with van der Waals surface area (Å²) in [5.74, 6) is 0.570. The molecule has 3 unspecified atom stereocenters. The van der Waals surface area contributed by atoms with Crippen molar-refractivity contribution in [3.05, 3.63) is 66.2 Å². The highest BCUT2D eigenvalue weighted by atomic mass is 16.5. The lowest BCUT2D eigenvalue weighted by Crippen LogP contribution is -2.25. The van der Waals surface area contributed by atoms with E-state index in [1.54, 1.807) is 32.7 Å². The first kappa shape index (κ1) is 22.2. The van der Waals surface area contributed by atoms with E-state index < -0.39 is 0 Å². The van der Waals surface area contributed by atoms with E-state index >= 15 is 0 Å². The van der Waals surface area contributed by atoms with Gasteiger partial charge in [0.05, 0.1) is 18.5 Å². The number of nitrogens with one attached hydrogen (secondary N) is 1. The molecular weight excluding hydrogens is 434 g/mol. The summed E-state index contributed by atoms with van der Waals surface area (Å²) in [7, 11) is 3.42. The van der Waals surface area contributed by atoms with Gasteiger partial charge >= 0.3 is 6.01 Å². The summed E-state index contributed by atoms with van der Waals surface area (Å²) >= 11 is 0. The molecule has 1 N–H and O–H groups in total. The third-order valence-corrected chi connectivity index (χ3v) is 5.90. The van der Waals surface area contributed by atoms with Gasteiger partial charge in [0.15, 0.2) is 23.2 Å². The van der Waals surface area contributed by atoms with Crippen molar-refractivity contribution in [3.63, 3.8) is 0 Å². The molecule has 10 nitrogen and oxygen atoms in total. The van der Waals surface area contributed by atoms with Crippen molar-refractivity contribution in [2.24, 2.45) is 0 Å². The maximum absolute atomic E-state index is 5.74. The lowest BCUT2D eigenvalue weighted by molar-refractivity contribution is -0.0647. The number of imidazole rings is 1. The normalized spacial score (nSPS) is 19.1. The van der Waals surface area contributed by atoms with Crippen LogP contribution in [0.1, 0.15) is 36.7 Å². The Morgan fingerprint density at radius 2 is 1.91 bits per heavy atom. The Labute approximate surface area is 197 Å². The SMILES string of the molecule is C1CC2CC1O2.CNc1nc(OCc2cccnn2)nc2c1ncn2C(OC)c1ccccc1. The highest BCUT2D eigenvalue weighted by molar-refractivity contribution is 5.83. The van der Waals surface area contributed by atoms with Crippen molar-refractivity contribution in [2.45, 2.75) is 44.3 Å². The number of hydrogen-bond acceptors (Lipinski definition) is 9. The Bertz CT molecular complexity index is 1200. The Morgan fingerprint density at radius 3 is 2.53 bits per heavy atom. The van der Waals surface area contributed by atoms with Crippen molar-refractivity contribution >= 4 is 17.0 Å². The number of nitrogens with zero attached hydrogens (tertiary/aromatic N) is 6. The van der Waals surface area contributed by atoms with Crippen molar-refractivity contribution in [3.8, 4) is 6.01 Å². The van der Waals surface area contributed by atoms with E-state index in [4.69, 9.17) is 14.2 Å². The van der Waals surface area contributed by atoms with Gasteiger partial charge in [-0.2, -0.15) is 20.2 Å². The van der Waals surface area contributed by atoms with Gasteiger partial charge in [0.25, 0.3) is 0 Å². The van der Waals surface area contributed by atoms with Crippen LogP contribution in [0, 0.1) is 0 Å². The number of rotatable bonds is 7. The topological polar surface area (TPSA) is 109 Å². The second kappa shape index (κ2) is 10.1. The largest absolute Gasteiger partial charge is 0.457 e. The van der Waals surface area contributed by atoms with Crippen LogP contribution in [0.25, 0.3) is 11.2 Å². The number of aromatic nitrogens is 6. The lowest BCUT2D eigenvalue weighted by atomic mass is 10.2. The highest BCUT2D eigenvalue weighted by Gasteiger charge is 2.36. The first-order valence-corrected chi connectivity index (χ1v) is 11.3. The van der Waals surface area contributed by atoms with Gasteiger partial charge in [0, 0.05) is 25.9 Å². The number of hydrogen-bond donors (Lipinski definition) is 1. The molecule has 176 valence electrons. The Morgan fingerprint density at radius 1 is 1.12 bits per heavy atom. The maximum Gasteiger partial charge on any atom is 0.320 e. The van der Waals surface area contributed by atoms with Crippen LogP contribution in [0.15, 0.2) is 55.0 Å². The molecule has 0 spiro atoms. The summed E-state index contributed by atoms with van der Waals surface area (Å²) in [6.45, 7) is 0.211. The summed E-state index contributed by atoms with van der Waals surface area (Å²) in [4.78, 5) is 13.4. The highest BCUT2D eigenvalue weighted by Crippen LogP contribution is 2.36. The second-order valence-corrected chi connectivity index (χ2v) is 8.12. The third kappa shape index (κ3) is 4.68. The number of fused-ring (bicyclic) bond motifs is 2. The number of methoxy groups -OCH3 is 1. The van der Waals surface area contributed by atoms with Crippen LogP contribution in [0.5, 0.6) is 6.01 Å². The predicted molar refractivity (Wildman–Crippen MR) is 125 cm³/mol. The van der Waals surface area contributed by atoms with Gasteiger partial charge < -0.3 is 19.5 Å². The standard InChI is InChI=1S/C19H19N7O2.C5H8O/c1-20-16-15-17(24-19(23-16)28-11-14-9-6-10-22-25-14)26(12-21-15)18(27-2)13-7-4-3-5-8-13;1-2-5-3-4(1)6-5/h3-10,12,18H,11H2,1-2H3,(H,20,23,24);4-5H,1-3H2. The van der Waals surface area contributed by atoms with E-state index in [2.05, 4.69) is 30.5 Å². The molecule has 34 heavy (non-hydrogen) atoms. The van der Waals surface area contributed by atoms with E-state index in [1.807, 2.05) is 41.0 Å². The molecule has 0 amide bonds. The first-order chi connectivity index (χ1) is 16.7. The van der Waals surface area contributed by atoms with Gasteiger partial charge in [-0.3, -0.25) is 4.57 Å². The van der Waals surface area contributed by atoms with Crippen molar-refractivity contribution in [2.75, 3.05) is 19.5 Å². The van der Waals surface area contributed by atoms with Crippen LogP contribution in [-0.4, -0.2) is 56.1 Å². The molecule has 5 heterocycles. The fourth-order valence-electron chi connectivity index (χ4n) is 4.18. The molecule has 0 radical (unpaired) electrons. The minimum atomic E-state index is -0.376. The molecule has 2 saturated heterocycles. The Balaban J connectivity index is 0.000000343. The first-order valence-electron chi connectivity index (χ1n) is 11.3. The van der Waals surface area contributed by atoms with Crippen LogP contribution in [0.3, 0.4) is 0 Å². The fourth-order valence-corrected chi connectivity index (χ4v) is 4.18. The van der Waals surface area contributed by atoms with E-state index in [-0.39, 0.29) is 18.8 Å². The monoisotopic (exact) mass is 461 g/mol. The van der Waals surface area contributed by atoms with Crippen LogP contribution < -0.4 is 10.1 Å². The number of anilines is 1. The summed E-state index contributed by atoms with van der Waals surface area (Å²) in [5, 5.41) is 10.9. The number of ether oxygens (including phenoxy) is 3. The molecule has 7 rings (SSSR count). The third-order valence-electron chi connectivity index (χ3n) is 5.90. The minimum Gasteiger partial charge on any atom is -0.457 e. The molecule has 3 fully saturated rings. The van der Waals surface area contributed by atoms with E-state index in [1.165, 1.54) is 19.3 Å². The molecule has 3 aliphatic rings. The molecule has 3 aromatic heterocycles. The average Bonchev–Trinajstić information content (AvgIpc) is 3.63. The predicted octanol–water partition coefficient (Wildman–Crippen LogP) is 3.37. The zero-order chi connectivity index (χ0) is 23.3. The molecule has 2 aliphatic heterocycles. The zero-order valence-electron chi connectivity index (χ0n) is 19.2. The van der Waals surface area contributed by atoms with E-state index in [0.29, 0.717) is 34.9 Å². The second-order valence-electron chi connectivity index (χ2n) is 8.12. The molecule has 4 aromatic rings. The van der Waals surface area contributed by atoms with Crippen molar-refractivity contribution in [1.29, 1.82) is 0 Å². The molecular formula is C24H27N7O3. The Hall–Kier alpha value is -3.63. The van der Waals surface area contributed by atoms with E-state index in [0.717, 1.165) is 5.56 Å². The van der Waals surface area contributed by atoms with Gasteiger partial charge in [-0.15, -0.1) is 0 Å². The summed E-state index contributed by atoms with van der Waals surface area (Å²) < 4.78 is 18.6. The van der Waals surface area contributed by atoms with Crippen LogP contribution in [-0.2, 0) is 16.1 Å². The molecule has 10 heteroatoms. The number of benzene rings is 1. The molecule has 1 aromatic carbocycles. The molecule has 2 bridgehead atoms. The minimum absolute atomic E-state index is 0.211. The smallest absolute Gasteiger partial charge is 0.320 e. The van der Waals surface area contributed by atoms with Crippen molar-refractivity contribution in [1.82, 2.24) is 29.7 Å². The van der Waals surface area contributed by atoms with Gasteiger partial charge in [0.2, 0.25) is 0 Å². The average molecular weight is 462 g/mol. The summed E-state index contributed by atoms with van der Waals surface area (Å²) in [6, 6.07) is 13.7. The van der Waals surface area contributed by atoms with Gasteiger partial charge in [-0.1, -0.05) is 30.3 Å². The van der Waals surface area contributed by atoms with Crippen molar-refractivity contribution < 1.29 is 14.2 Å². The van der Waals surface area contributed by atoms with Gasteiger partial charge in [-0.25, -0.2) is 4.98 Å². The zero-order valence-corrected chi connectivity index (χ0v) is 19.2. The molecule has 1 aliphatic carbocycles. The lowest BCUT2D eigenvalue weighted by Gasteiger charge is -2.23. The van der Waals surface area contributed by atoms with Crippen LogP contribution >= 0.6 is 0 Å². The fraction of sp³-hybridized carbons (Fsp3) is 0.375. The molecule has 1 saturated carbocycles. The van der Waals surface area contributed by atoms with E-state index in [9.17, 15) is 0 Å². The Kier molecular flexibility index (Phi) is 6.59. The maximum atomic E-state index is 5.74. The summed E-state index contributed by atoms with van der Waals surface area (Å²) in [5.41, 5.74) is 2.90. The van der Waals surface area contributed by atoms with Crippen LogP contribution in [0.2, 0.25) is 0 Å². The summed E-state index contributed by atoms with van der Waals surface area (Å²) in [6.07, 6.45) is 8.34. The molecule has 3 atom stereocenters. The van der Waals surface area contributed by atoms with Gasteiger partial charge in [0.1, 0.15) is 12.3 Å².